The highest BCUT2D eigenvalue weighted by Gasteiger charge is 2.02. The van der Waals surface area contributed by atoms with Gasteiger partial charge < -0.3 is 5.32 Å². The Morgan fingerprint density at radius 3 is 3.06 bits per heavy atom. The van der Waals surface area contributed by atoms with Crippen LogP contribution in [-0.4, -0.2) is 24.5 Å². The Kier molecular flexibility index (Phi) is 5.18. The first-order chi connectivity index (χ1) is 7.77. The van der Waals surface area contributed by atoms with Crippen molar-refractivity contribution in [1.82, 2.24) is 15.7 Å². The highest BCUT2D eigenvalue weighted by Crippen LogP contribution is 2.05. The molecule has 1 aromatic rings. The molecule has 1 aromatic heterocycles. The minimum Gasteiger partial charge on any atom is -0.319 e. The highest BCUT2D eigenvalue weighted by atomic mass is 16.2. The van der Waals surface area contributed by atoms with Gasteiger partial charge in [0.1, 0.15) is 0 Å². The fraction of sp³-hybridized carbons (Fsp3) is 0.273. The third kappa shape index (κ3) is 3.80. The maximum absolute atomic E-state index is 11.2. The van der Waals surface area contributed by atoms with Gasteiger partial charge in [-0.3, -0.25) is 15.2 Å². The third-order valence-electron chi connectivity index (χ3n) is 2.02. The van der Waals surface area contributed by atoms with Gasteiger partial charge in [-0.1, -0.05) is 12.2 Å². The molecule has 1 heterocycles. The summed E-state index contributed by atoms with van der Waals surface area (Å²) in [5, 5.41) is 3.05. The van der Waals surface area contributed by atoms with Crippen LogP contribution in [0.1, 0.15) is 22.3 Å². The maximum atomic E-state index is 11.2. The van der Waals surface area contributed by atoms with Crippen molar-refractivity contribution in [1.29, 1.82) is 0 Å². The number of pyridine rings is 1. The largest absolute Gasteiger partial charge is 0.319 e. The van der Waals surface area contributed by atoms with E-state index >= 15 is 0 Å². The lowest BCUT2D eigenvalue weighted by molar-refractivity contribution is 0.0953. The first-order valence-corrected chi connectivity index (χ1v) is 5.05. The van der Waals surface area contributed by atoms with E-state index < -0.39 is 0 Å². The first-order valence-electron chi connectivity index (χ1n) is 5.05. The molecule has 5 nitrogen and oxygen atoms in total. The van der Waals surface area contributed by atoms with E-state index in [1.165, 1.54) is 6.20 Å². The SMILES string of the molecule is CNCCC=Cc1cncc(C(=O)NN)c1. The van der Waals surface area contributed by atoms with Gasteiger partial charge in [0.05, 0.1) is 5.56 Å². The van der Waals surface area contributed by atoms with Crippen LogP contribution in [-0.2, 0) is 0 Å². The van der Waals surface area contributed by atoms with E-state index in [4.69, 9.17) is 5.84 Å². The van der Waals surface area contributed by atoms with Crippen LogP contribution >= 0.6 is 0 Å². The van der Waals surface area contributed by atoms with Gasteiger partial charge in [-0.15, -0.1) is 0 Å². The predicted molar refractivity (Wildman–Crippen MR) is 63.5 cm³/mol. The van der Waals surface area contributed by atoms with Crippen molar-refractivity contribution < 1.29 is 4.79 Å². The minimum atomic E-state index is -0.335. The average molecular weight is 220 g/mol. The standard InChI is InChI=1S/C11H16N4O/c1-13-5-3-2-4-9-6-10(8-14-7-9)11(16)15-12/h2,4,6-8,13H,3,5,12H2,1H3,(H,15,16). The van der Waals surface area contributed by atoms with E-state index in [1.54, 1.807) is 12.3 Å². The number of hydrogen-bond acceptors (Lipinski definition) is 4. The monoisotopic (exact) mass is 220 g/mol. The summed E-state index contributed by atoms with van der Waals surface area (Å²) >= 11 is 0. The summed E-state index contributed by atoms with van der Waals surface area (Å²) in [5.74, 6) is 4.71. The lowest BCUT2D eigenvalue weighted by Crippen LogP contribution is -2.30. The minimum absolute atomic E-state index is 0.335. The lowest BCUT2D eigenvalue weighted by atomic mass is 10.2. The zero-order chi connectivity index (χ0) is 11.8. The van der Waals surface area contributed by atoms with Crippen LogP contribution in [0.2, 0.25) is 0 Å². The molecule has 86 valence electrons. The van der Waals surface area contributed by atoms with Gasteiger partial charge in [0.15, 0.2) is 0 Å². The smallest absolute Gasteiger partial charge is 0.266 e. The summed E-state index contributed by atoms with van der Waals surface area (Å²) in [6.45, 7) is 0.924. The van der Waals surface area contributed by atoms with Crippen molar-refractivity contribution in [3.63, 3.8) is 0 Å². The topological polar surface area (TPSA) is 80.0 Å². The normalized spacial score (nSPS) is 10.6. The molecule has 0 saturated heterocycles. The van der Waals surface area contributed by atoms with Crippen molar-refractivity contribution in [2.45, 2.75) is 6.42 Å². The Labute approximate surface area is 94.7 Å². The molecular formula is C11H16N4O. The quantitative estimate of drug-likeness (QED) is 0.289. The number of nitrogens with one attached hydrogen (secondary N) is 2. The number of rotatable bonds is 5. The molecule has 1 rings (SSSR count). The summed E-state index contributed by atoms with van der Waals surface area (Å²) in [4.78, 5) is 15.2. The van der Waals surface area contributed by atoms with Gasteiger partial charge in [-0.25, -0.2) is 5.84 Å². The number of carbonyl (C=O) groups excluding carboxylic acids is 1. The molecule has 0 aliphatic heterocycles. The van der Waals surface area contributed by atoms with Crippen LogP contribution in [0.15, 0.2) is 24.5 Å². The van der Waals surface area contributed by atoms with Gasteiger partial charge in [-0.05, 0) is 31.6 Å². The van der Waals surface area contributed by atoms with E-state index in [9.17, 15) is 4.79 Å². The number of amides is 1. The van der Waals surface area contributed by atoms with Crippen molar-refractivity contribution in [2.75, 3.05) is 13.6 Å². The Bertz CT molecular complexity index is 376. The van der Waals surface area contributed by atoms with Gasteiger partial charge in [0, 0.05) is 12.4 Å². The van der Waals surface area contributed by atoms with Crippen molar-refractivity contribution in [2.24, 2.45) is 5.84 Å². The van der Waals surface area contributed by atoms with E-state index in [1.807, 2.05) is 19.2 Å². The average Bonchev–Trinajstić information content (AvgIpc) is 2.34. The lowest BCUT2D eigenvalue weighted by Gasteiger charge is -1.99. The van der Waals surface area contributed by atoms with Crippen LogP contribution in [0.5, 0.6) is 0 Å². The molecule has 0 atom stereocenters. The number of nitrogens with two attached hydrogens (primary N) is 1. The Morgan fingerprint density at radius 2 is 2.38 bits per heavy atom. The first kappa shape index (κ1) is 12.4. The molecule has 0 aromatic carbocycles. The van der Waals surface area contributed by atoms with Gasteiger partial charge in [-0.2, -0.15) is 0 Å². The summed E-state index contributed by atoms with van der Waals surface area (Å²) in [6.07, 6.45) is 8.06. The van der Waals surface area contributed by atoms with Crippen molar-refractivity contribution in [3.05, 3.63) is 35.7 Å². The molecule has 0 saturated carbocycles. The predicted octanol–water partition coefficient (Wildman–Crippen LogP) is 0.308. The molecule has 0 aliphatic carbocycles. The summed E-state index contributed by atoms with van der Waals surface area (Å²) in [6, 6.07) is 1.74. The molecule has 0 bridgehead atoms. The Balaban J connectivity index is 2.67. The third-order valence-corrected chi connectivity index (χ3v) is 2.02. The number of hydrogen-bond donors (Lipinski definition) is 3. The molecule has 0 fully saturated rings. The Hall–Kier alpha value is -1.72. The summed E-state index contributed by atoms with van der Waals surface area (Å²) < 4.78 is 0. The molecule has 0 unspecified atom stereocenters. The zero-order valence-corrected chi connectivity index (χ0v) is 9.23. The van der Waals surface area contributed by atoms with E-state index in [0.717, 1.165) is 18.5 Å². The number of carbonyl (C=O) groups is 1. The molecule has 4 N–H and O–H groups in total. The summed E-state index contributed by atoms with van der Waals surface area (Å²) in [7, 11) is 1.90. The molecule has 0 aliphatic rings. The highest BCUT2D eigenvalue weighted by molar-refractivity contribution is 5.93. The fourth-order valence-corrected chi connectivity index (χ4v) is 1.20. The number of hydrazine groups is 1. The molecule has 5 heteroatoms. The number of nitrogen functional groups attached to an aromatic ring is 1. The van der Waals surface area contributed by atoms with Crippen LogP contribution in [0.25, 0.3) is 6.08 Å². The van der Waals surface area contributed by atoms with Crippen molar-refractivity contribution in [3.8, 4) is 0 Å². The second-order valence-corrected chi connectivity index (χ2v) is 3.28. The van der Waals surface area contributed by atoms with Gasteiger partial charge in [0.25, 0.3) is 5.91 Å². The van der Waals surface area contributed by atoms with Gasteiger partial charge >= 0.3 is 0 Å². The number of aromatic nitrogens is 1. The second kappa shape index (κ2) is 6.71. The van der Waals surface area contributed by atoms with Crippen LogP contribution in [0.3, 0.4) is 0 Å². The van der Waals surface area contributed by atoms with Crippen LogP contribution in [0, 0.1) is 0 Å². The molecule has 16 heavy (non-hydrogen) atoms. The molecule has 0 radical (unpaired) electrons. The Morgan fingerprint density at radius 1 is 1.56 bits per heavy atom. The second-order valence-electron chi connectivity index (χ2n) is 3.28. The zero-order valence-electron chi connectivity index (χ0n) is 9.23. The van der Waals surface area contributed by atoms with Gasteiger partial charge in [0.2, 0.25) is 0 Å². The van der Waals surface area contributed by atoms with E-state index in [0.29, 0.717) is 5.56 Å². The maximum Gasteiger partial charge on any atom is 0.266 e. The fourth-order valence-electron chi connectivity index (χ4n) is 1.20. The molecular weight excluding hydrogens is 204 g/mol. The number of nitrogens with zero attached hydrogens (tertiary/aromatic N) is 1. The summed E-state index contributed by atoms with van der Waals surface area (Å²) in [5.41, 5.74) is 3.41. The van der Waals surface area contributed by atoms with E-state index in [2.05, 4.69) is 15.7 Å². The molecule has 1 amide bonds. The van der Waals surface area contributed by atoms with E-state index in [-0.39, 0.29) is 5.91 Å². The molecule has 0 spiro atoms. The van der Waals surface area contributed by atoms with Crippen molar-refractivity contribution >= 4 is 12.0 Å². The van der Waals surface area contributed by atoms with Crippen LogP contribution < -0.4 is 16.6 Å². The van der Waals surface area contributed by atoms with Crippen LogP contribution in [0.4, 0.5) is 0 Å².